The standard InChI is InChI=1S/C23H34N6O6S/c1-2-3-4-5-6-7-16(30)28-14-8-13(34-23(14)33)9-36-10-15-18(31)19(32)22(35-15)29-12-27-17-20(24)25-11-26-21(17)29/h11-15,18-19,22,31-32H,2-10H2,1H3,(H,28,30)(H2,24,25,26)/t13-,14-,15+,18+,19+,22+/m0/s1. The quantitative estimate of drug-likeness (QED) is 0.230. The molecule has 0 radical (unpaired) electrons. The molecule has 2 aromatic heterocycles. The fourth-order valence-corrected chi connectivity index (χ4v) is 5.61. The average Bonchev–Trinajstić information content (AvgIpc) is 3.51. The molecule has 0 saturated carbocycles. The van der Waals surface area contributed by atoms with Crippen LogP contribution >= 0.6 is 11.8 Å². The van der Waals surface area contributed by atoms with E-state index in [1.165, 1.54) is 35.4 Å². The van der Waals surface area contributed by atoms with Gasteiger partial charge < -0.3 is 30.7 Å². The molecule has 0 bridgehead atoms. The van der Waals surface area contributed by atoms with Gasteiger partial charge in [-0.3, -0.25) is 9.36 Å². The van der Waals surface area contributed by atoms with E-state index in [0.29, 0.717) is 35.5 Å². The van der Waals surface area contributed by atoms with E-state index >= 15 is 0 Å². The molecule has 6 atom stereocenters. The van der Waals surface area contributed by atoms with E-state index in [1.807, 2.05) is 0 Å². The van der Waals surface area contributed by atoms with Gasteiger partial charge in [0.2, 0.25) is 5.91 Å². The number of hydrogen-bond acceptors (Lipinski definition) is 11. The van der Waals surface area contributed by atoms with E-state index in [4.69, 9.17) is 15.2 Å². The molecule has 2 aromatic rings. The lowest BCUT2D eigenvalue weighted by molar-refractivity contribution is -0.143. The van der Waals surface area contributed by atoms with Crippen LogP contribution in [0.25, 0.3) is 11.2 Å². The molecule has 0 spiro atoms. The fraction of sp³-hybridized carbons (Fsp3) is 0.696. The molecule has 36 heavy (non-hydrogen) atoms. The smallest absolute Gasteiger partial charge is 0.329 e. The summed E-state index contributed by atoms with van der Waals surface area (Å²) in [4.78, 5) is 36.6. The first-order valence-corrected chi connectivity index (χ1v) is 13.6. The summed E-state index contributed by atoms with van der Waals surface area (Å²) in [5, 5.41) is 23.9. The van der Waals surface area contributed by atoms with Gasteiger partial charge in [-0.2, -0.15) is 11.8 Å². The lowest BCUT2D eigenvalue weighted by Crippen LogP contribution is -2.37. The zero-order valence-corrected chi connectivity index (χ0v) is 21.1. The van der Waals surface area contributed by atoms with Gasteiger partial charge in [-0.1, -0.05) is 32.6 Å². The van der Waals surface area contributed by atoms with Crippen LogP contribution in [-0.4, -0.2) is 83.6 Å². The number of anilines is 1. The van der Waals surface area contributed by atoms with Gasteiger partial charge in [0.15, 0.2) is 17.7 Å². The Balaban J connectivity index is 1.22. The third-order valence-corrected chi connectivity index (χ3v) is 7.66. The average molecular weight is 523 g/mol. The Kier molecular flexibility index (Phi) is 8.99. The molecule has 4 heterocycles. The summed E-state index contributed by atoms with van der Waals surface area (Å²) in [7, 11) is 0. The summed E-state index contributed by atoms with van der Waals surface area (Å²) < 4.78 is 12.9. The van der Waals surface area contributed by atoms with E-state index in [-0.39, 0.29) is 17.8 Å². The predicted molar refractivity (Wildman–Crippen MR) is 133 cm³/mol. The van der Waals surface area contributed by atoms with Gasteiger partial charge in [0.05, 0.1) is 12.4 Å². The zero-order chi connectivity index (χ0) is 25.7. The summed E-state index contributed by atoms with van der Waals surface area (Å²) in [5.74, 6) is 0.539. The molecule has 4 rings (SSSR count). The van der Waals surface area contributed by atoms with Crippen LogP contribution in [-0.2, 0) is 19.1 Å². The van der Waals surface area contributed by atoms with Crippen LogP contribution < -0.4 is 11.1 Å². The number of nitrogens with two attached hydrogens (primary N) is 1. The predicted octanol–water partition coefficient (Wildman–Crippen LogP) is 0.922. The maximum Gasteiger partial charge on any atom is 0.329 e. The second kappa shape index (κ2) is 12.2. The first-order chi connectivity index (χ1) is 17.4. The van der Waals surface area contributed by atoms with Crippen LogP contribution in [0.3, 0.4) is 0 Å². The number of carbonyl (C=O) groups excluding carboxylic acids is 2. The minimum Gasteiger partial charge on any atom is -0.460 e. The van der Waals surface area contributed by atoms with E-state index in [1.54, 1.807) is 0 Å². The molecular weight excluding hydrogens is 488 g/mol. The van der Waals surface area contributed by atoms with Crippen molar-refractivity contribution in [1.82, 2.24) is 24.8 Å². The largest absolute Gasteiger partial charge is 0.460 e. The molecular formula is C23H34N6O6S. The van der Waals surface area contributed by atoms with Crippen LogP contribution in [0.15, 0.2) is 12.7 Å². The summed E-state index contributed by atoms with van der Waals surface area (Å²) in [6, 6.07) is -0.623. The first-order valence-electron chi connectivity index (χ1n) is 12.4. The van der Waals surface area contributed by atoms with Crippen molar-refractivity contribution in [3.05, 3.63) is 12.7 Å². The third kappa shape index (κ3) is 6.07. The summed E-state index contributed by atoms with van der Waals surface area (Å²) in [5.41, 5.74) is 6.62. The number of aromatic nitrogens is 4. The number of nitrogen functional groups attached to an aromatic ring is 1. The maximum atomic E-state index is 12.2. The summed E-state index contributed by atoms with van der Waals surface area (Å²) >= 11 is 1.45. The molecule has 12 nitrogen and oxygen atoms in total. The Hall–Kier alpha value is -2.48. The van der Waals surface area contributed by atoms with Crippen molar-refractivity contribution in [2.24, 2.45) is 0 Å². The Morgan fingerprint density at radius 2 is 2.00 bits per heavy atom. The molecule has 13 heteroatoms. The number of aliphatic hydroxyl groups excluding tert-OH is 2. The molecule has 5 N–H and O–H groups in total. The second-order valence-corrected chi connectivity index (χ2v) is 10.3. The van der Waals surface area contributed by atoms with Crippen LogP contribution in [0.1, 0.15) is 58.1 Å². The number of cyclic esters (lactones) is 1. The van der Waals surface area contributed by atoms with Crippen molar-refractivity contribution >= 4 is 40.6 Å². The van der Waals surface area contributed by atoms with Gasteiger partial charge in [0.25, 0.3) is 0 Å². The highest BCUT2D eigenvalue weighted by Crippen LogP contribution is 2.33. The highest BCUT2D eigenvalue weighted by Gasteiger charge is 2.44. The van der Waals surface area contributed by atoms with Crippen molar-refractivity contribution in [3.8, 4) is 0 Å². The van der Waals surface area contributed by atoms with Gasteiger partial charge in [-0.25, -0.2) is 19.7 Å². The molecule has 2 aliphatic rings. The molecule has 2 saturated heterocycles. The van der Waals surface area contributed by atoms with Crippen molar-refractivity contribution < 1.29 is 29.3 Å². The van der Waals surface area contributed by atoms with Gasteiger partial charge >= 0.3 is 5.97 Å². The molecule has 198 valence electrons. The molecule has 1 amide bonds. The number of aliphatic hydroxyl groups is 2. The van der Waals surface area contributed by atoms with Crippen LogP contribution in [0.4, 0.5) is 5.82 Å². The van der Waals surface area contributed by atoms with Gasteiger partial charge in [0, 0.05) is 24.3 Å². The van der Waals surface area contributed by atoms with E-state index in [2.05, 4.69) is 27.2 Å². The van der Waals surface area contributed by atoms with Crippen molar-refractivity contribution in [2.45, 2.75) is 88.6 Å². The lowest BCUT2D eigenvalue weighted by Gasteiger charge is -2.16. The molecule has 0 aromatic carbocycles. The second-order valence-electron chi connectivity index (χ2n) is 9.25. The van der Waals surface area contributed by atoms with Crippen molar-refractivity contribution in [3.63, 3.8) is 0 Å². The number of esters is 1. The maximum absolute atomic E-state index is 12.2. The zero-order valence-electron chi connectivity index (χ0n) is 20.3. The fourth-order valence-electron chi connectivity index (χ4n) is 4.50. The van der Waals surface area contributed by atoms with Gasteiger partial charge in [-0.15, -0.1) is 0 Å². The van der Waals surface area contributed by atoms with Gasteiger partial charge in [-0.05, 0) is 6.42 Å². The number of thioether (sulfide) groups is 1. The highest BCUT2D eigenvalue weighted by atomic mass is 32.2. The number of rotatable bonds is 12. The number of nitrogens with one attached hydrogen (secondary N) is 1. The van der Waals surface area contributed by atoms with Crippen LogP contribution in [0.5, 0.6) is 0 Å². The van der Waals surface area contributed by atoms with E-state index in [0.717, 1.165) is 25.7 Å². The Bertz CT molecular complexity index is 1050. The Morgan fingerprint density at radius 3 is 2.81 bits per heavy atom. The minimum absolute atomic E-state index is 0.122. The lowest BCUT2D eigenvalue weighted by atomic mass is 10.1. The number of unbranched alkanes of at least 4 members (excludes halogenated alkanes) is 4. The molecule has 2 fully saturated rings. The Labute approximate surface area is 213 Å². The first kappa shape index (κ1) is 26.6. The van der Waals surface area contributed by atoms with Crippen molar-refractivity contribution in [2.75, 3.05) is 17.2 Å². The van der Waals surface area contributed by atoms with E-state index in [9.17, 15) is 19.8 Å². The molecule has 2 aliphatic heterocycles. The third-order valence-electron chi connectivity index (χ3n) is 6.49. The minimum atomic E-state index is -1.19. The number of ether oxygens (including phenoxy) is 2. The monoisotopic (exact) mass is 522 g/mol. The van der Waals surface area contributed by atoms with Crippen LogP contribution in [0, 0.1) is 0 Å². The number of amides is 1. The number of hydrogen-bond donors (Lipinski definition) is 4. The normalized spacial score (nSPS) is 28.0. The Morgan fingerprint density at radius 1 is 1.19 bits per heavy atom. The van der Waals surface area contributed by atoms with Crippen molar-refractivity contribution in [1.29, 1.82) is 0 Å². The number of imidazole rings is 1. The summed E-state index contributed by atoms with van der Waals surface area (Å²) in [6.07, 6.45) is 4.68. The van der Waals surface area contributed by atoms with Crippen LogP contribution in [0.2, 0.25) is 0 Å². The number of carbonyl (C=O) groups is 2. The molecule has 0 unspecified atom stereocenters. The van der Waals surface area contributed by atoms with Gasteiger partial charge in [0.1, 0.15) is 36.2 Å². The van der Waals surface area contributed by atoms with E-state index < -0.39 is 36.6 Å². The number of nitrogens with zero attached hydrogens (tertiary/aromatic N) is 4. The topological polar surface area (TPSA) is 175 Å². The summed E-state index contributed by atoms with van der Waals surface area (Å²) in [6.45, 7) is 2.14. The highest BCUT2D eigenvalue weighted by molar-refractivity contribution is 7.99. The number of fused-ring (bicyclic) bond motifs is 1. The molecule has 0 aliphatic carbocycles. The SMILES string of the molecule is CCCCCCCC(=O)N[C@H]1C[C@@H](CSC[C@H]2O[C@@H](n3cnc4c(N)ncnc43)[C@H](O)[C@@H]2O)OC1=O.